The highest BCUT2D eigenvalue weighted by Crippen LogP contribution is 2.26. The van der Waals surface area contributed by atoms with Gasteiger partial charge < -0.3 is 15.8 Å². The van der Waals surface area contributed by atoms with E-state index in [0.29, 0.717) is 28.8 Å². The quantitative estimate of drug-likeness (QED) is 0.755. The van der Waals surface area contributed by atoms with Crippen LogP contribution in [-0.4, -0.2) is 24.5 Å². The monoisotopic (exact) mass is 282 g/mol. The van der Waals surface area contributed by atoms with E-state index in [1.165, 1.54) is 0 Å². The molecule has 0 bridgehead atoms. The van der Waals surface area contributed by atoms with Gasteiger partial charge in [-0.25, -0.2) is 0 Å². The van der Waals surface area contributed by atoms with E-state index in [9.17, 15) is 4.79 Å². The van der Waals surface area contributed by atoms with Crippen molar-refractivity contribution in [2.24, 2.45) is 5.92 Å². The van der Waals surface area contributed by atoms with Crippen LogP contribution in [0, 0.1) is 5.92 Å². The van der Waals surface area contributed by atoms with E-state index in [4.69, 9.17) is 10.5 Å². The number of ether oxygens (including phenoxy) is 1. The lowest BCUT2D eigenvalue weighted by molar-refractivity contribution is -0.113. The Morgan fingerprint density at radius 2 is 2.26 bits per heavy atom. The highest BCUT2D eigenvalue weighted by molar-refractivity contribution is 7.99. The first-order chi connectivity index (χ1) is 9.06. The van der Waals surface area contributed by atoms with Crippen LogP contribution in [0.25, 0.3) is 0 Å². The maximum atomic E-state index is 11.8. The summed E-state index contributed by atoms with van der Waals surface area (Å²) in [5, 5.41) is 2.84. The Kier molecular flexibility index (Phi) is 6.56. The zero-order chi connectivity index (χ0) is 14.3. The first-order valence-electron chi connectivity index (χ1n) is 6.38. The molecule has 1 aromatic carbocycles. The Morgan fingerprint density at radius 1 is 1.53 bits per heavy atom. The molecule has 0 aliphatic carbocycles. The standard InChI is InChI=1S/C14H22N2O2S/c1-4-10(2)8-19-9-14(17)16-12-6-5-11(15)7-13(12)18-3/h5-7,10H,4,8-9,15H2,1-3H3,(H,16,17). The molecule has 0 aromatic heterocycles. The number of carbonyl (C=O) groups is 1. The summed E-state index contributed by atoms with van der Waals surface area (Å²) in [7, 11) is 1.56. The molecule has 1 rings (SSSR count). The smallest absolute Gasteiger partial charge is 0.234 e. The highest BCUT2D eigenvalue weighted by atomic mass is 32.2. The number of rotatable bonds is 7. The summed E-state index contributed by atoms with van der Waals surface area (Å²) in [5.74, 6) is 2.67. The molecule has 5 heteroatoms. The molecular weight excluding hydrogens is 260 g/mol. The van der Waals surface area contributed by atoms with Crippen molar-refractivity contribution < 1.29 is 9.53 Å². The molecule has 106 valence electrons. The number of anilines is 2. The van der Waals surface area contributed by atoms with E-state index in [1.54, 1.807) is 37.1 Å². The second-order valence-electron chi connectivity index (χ2n) is 4.54. The summed E-state index contributed by atoms with van der Waals surface area (Å²) in [5.41, 5.74) is 6.94. The lowest BCUT2D eigenvalue weighted by Gasteiger charge is -2.11. The van der Waals surface area contributed by atoms with E-state index < -0.39 is 0 Å². The molecule has 0 spiro atoms. The highest BCUT2D eigenvalue weighted by Gasteiger charge is 2.08. The van der Waals surface area contributed by atoms with E-state index in [-0.39, 0.29) is 5.91 Å². The number of carbonyl (C=O) groups excluding carboxylic acids is 1. The van der Waals surface area contributed by atoms with Crippen LogP contribution in [0.15, 0.2) is 18.2 Å². The zero-order valence-corrected chi connectivity index (χ0v) is 12.5. The Morgan fingerprint density at radius 3 is 2.89 bits per heavy atom. The van der Waals surface area contributed by atoms with E-state index in [0.717, 1.165) is 12.2 Å². The molecule has 1 atom stereocenters. The number of nitrogens with one attached hydrogen (secondary N) is 1. The number of nitrogens with two attached hydrogens (primary N) is 1. The average molecular weight is 282 g/mol. The van der Waals surface area contributed by atoms with Crippen molar-refractivity contribution in [2.45, 2.75) is 20.3 Å². The van der Waals surface area contributed by atoms with Gasteiger partial charge in [0.1, 0.15) is 5.75 Å². The number of benzene rings is 1. The molecule has 0 fully saturated rings. The SMILES string of the molecule is CCC(C)CSCC(=O)Nc1ccc(N)cc1OC. The topological polar surface area (TPSA) is 64.4 Å². The molecule has 0 radical (unpaired) electrons. The molecule has 3 N–H and O–H groups in total. The fraction of sp³-hybridized carbons (Fsp3) is 0.500. The predicted molar refractivity (Wildman–Crippen MR) is 82.8 cm³/mol. The van der Waals surface area contributed by atoms with Gasteiger partial charge in [-0.3, -0.25) is 4.79 Å². The molecule has 0 aliphatic heterocycles. The second-order valence-corrected chi connectivity index (χ2v) is 5.57. The molecule has 1 amide bonds. The first kappa shape index (κ1) is 15.7. The van der Waals surface area contributed by atoms with Gasteiger partial charge in [-0.2, -0.15) is 11.8 Å². The normalized spacial score (nSPS) is 11.9. The van der Waals surface area contributed by atoms with Gasteiger partial charge in [0.05, 0.1) is 18.6 Å². The molecule has 1 aromatic rings. The molecule has 0 saturated carbocycles. The number of hydrogen-bond acceptors (Lipinski definition) is 4. The molecule has 19 heavy (non-hydrogen) atoms. The Balaban J connectivity index is 2.48. The third-order valence-electron chi connectivity index (χ3n) is 2.83. The number of thioether (sulfide) groups is 1. The number of hydrogen-bond donors (Lipinski definition) is 2. The van der Waals surface area contributed by atoms with Crippen LogP contribution < -0.4 is 15.8 Å². The Labute approximate surface area is 119 Å². The van der Waals surface area contributed by atoms with Gasteiger partial charge >= 0.3 is 0 Å². The largest absolute Gasteiger partial charge is 0.494 e. The van der Waals surface area contributed by atoms with Gasteiger partial charge in [-0.05, 0) is 23.8 Å². The molecule has 0 aliphatic rings. The maximum Gasteiger partial charge on any atom is 0.234 e. The van der Waals surface area contributed by atoms with Gasteiger partial charge in [0.25, 0.3) is 0 Å². The van der Waals surface area contributed by atoms with Crippen molar-refractivity contribution in [3.05, 3.63) is 18.2 Å². The maximum absolute atomic E-state index is 11.8. The van der Waals surface area contributed by atoms with Crippen LogP contribution in [0.2, 0.25) is 0 Å². The van der Waals surface area contributed by atoms with Gasteiger partial charge in [0.2, 0.25) is 5.91 Å². The lowest BCUT2D eigenvalue weighted by atomic mass is 10.2. The van der Waals surface area contributed by atoms with Gasteiger partial charge in [0, 0.05) is 11.8 Å². The molecule has 1 unspecified atom stereocenters. The van der Waals surface area contributed by atoms with Crippen molar-refractivity contribution >= 4 is 29.0 Å². The summed E-state index contributed by atoms with van der Waals surface area (Å²) in [6, 6.07) is 5.19. The number of nitrogen functional groups attached to an aromatic ring is 1. The lowest BCUT2D eigenvalue weighted by Crippen LogP contribution is -2.15. The summed E-state index contributed by atoms with van der Waals surface area (Å²) < 4.78 is 5.19. The molecular formula is C14H22N2O2S. The van der Waals surface area contributed by atoms with Gasteiger partial charge in [0.15, 0.2) is 0 Å². The summed E-state index contributed by atoms with van der Waals surface area (Å²) >= 11 is 1.65. The minimum atomic E-state index is -0.0172. The Bertz CT molecular complexity index is 424. The Hall–Kier alpha value is -1.36. The van der Waals surface area contributed by atoms with Crippen molar-refractivity contribution in [1.29, 1.82) is 0 Å². The van der Waals surface area contributed by atoms with Crippen molar-refractivity contribution in [3.63, 3.8) is 0 Å². The zero-order valence-electron chi connectivity index (χ0n) is 11.7. The number of methoxy groups -OCH3 is 1. The van der Waals surface area contributed by atoms with Gasteiger partial charge in [-0.1, -0.05) is 20.3 Å². The molecule has 0 heterocycles. The average Bonchev–Trinajstić information content (AvgIpc) is 2.40. The van der Waals surface area contributed by atoms with E-state index in [1.807, 2.05) is 0 Å². The van der Waals surface area contributed by atoms with Crippen LogP contribution in [-0.2, 0) is 4.79 Å². The second kappa shape index (κ2) is 7.94. The van der Waals surface area contributed by atoms with Crippen LogP contribution in [0.5, 0.6) is 5.75 Å². The summed E-state index contributed by atoms with van der Waals surface area (Å²) in [4.78, 5) is 11.8. The van der Waals surface area contributed by atoms with Gasteiger partial charge in [-0.15, -0.1) is 0 Å². The fourth-order valence-corrected chi connectivity index (χ4v) is 2.48. The predicted octanol–water partition coefficient (Wildman–Crippen LogP) is 3.00. The van der Waals surface area contributed by atoms with Crippen molar-refractivity contribution in [1.82, 2.24) is 0 Å². The first-order valence-corrected chi connectivity index (χ1v) is 7.53. The van der Waals surface area contributed by atoms with Crippen LogP contribution in [0.4, 0.5) is 11.4 Å². The van der Waals surface area contributed by atoms with Crippen LogP contribution in [0.1, 0.15) is 20.3 Å². The van der Waals surface area contributed by atoms with Crippen molar-refractivity contribution in [2.75, 3.05) is 29.7 Å². The van der Waals surface area contributed by atoms with E-state index >= 15 is 0 Å². The number of amides is 1. The van der Waals surface area contributed by atoms with Crippen molar-refractivity contribution in [3.8, 4) is 5.75 Å². The van der Waals surface area contributed by atoms with Crippen LogP contribution >= 0.6 is 11.8 Å². The third-order valence-corrected chi connectivity index (χ3v) is 4.10. The molecule has 0 saturated heterocycles. The molecule has 4 nitrogen and oxygen atoms in total. The summed E-state index contributed by atoms with van der Waals surface area (Å²) in [6.07, 6.45) is 1.14. The van der Waals surface area contributed by atoms with E-state index in [2.05, 4.69) is 19.2 Å². The minimum Gasteiger partial charge on any atom is -0.494 e. The minimum absolute atomic E-state index is 0.0172. The summed E-state index contributed by atoms with van der Waals surface area (Å²) in [6.45, 7) is 4.35. The third kappa shape index (κ3) is 5.42. The fourth-order valence-electron chi connectivity index (χ4n) is 1.47. The van der Waals surface area contributed by atoms with Crippen LogP contribution in [0.3, 0.4) is 0 Å².